The summed E-state index contributed by atoms with van der Waals surface area (Å²) in [5.41, 5.74) is 1.88. The van der Waals surface area contributed by atoms with Crippen molar-refractivity contribution in [1.29, 1.82) is 0 Å². The van der Waals surface area contributed by atoms with E-state index in [0.717, 1.165) is 0 Å². The monoisotopic (exact) mass is 974 g/mol. The van der Waals surface area contributed by atoms with Gasteiger partial charge >= 0.3 is 5.97 Å². The maximum atomic E-state index is 14.5. The first-order chi connectivity index (χ1) is 32.8. The zero-order valence-electron chi connectivity index (χ0n) is 38.7. The summed E-state index contributed by atoms with van der Waals surface area (Å²) in [5.74, 6) is -7.28. The van der Waals surface area contributed by atoms with Crippen molar-refractivity contribution in [3.05, 3.63) is 89.5 Å². The molecule has 3 aromatic carbocycles. The van der Waals surface area contributed by atoms with E-state index in [-0.39, 0.29) is 74.6 Å². The van der Waals surface area contributed by atoms with Crippen molar-refractivity contribution in [2.45, 2.75) is 115 Å². The first-order valence-electron chi connectivity index (χ1n) is 22.7. The van der Waals surface area contributed by atoms with Gasteiger partial charge in [0.05, 0.1) is 0 Å². The number of nitrogens with one attached hydrogen (secondary N) is 8. The molecule has 0 saturated carbocycles. The van der Waals surface area contributed by atoms with E-state index in [1.165, 1.54) is 55.5 Å². The van der Waals surface area contributed by atoms with Crippen LogP contribution in [0.4, 0.5) is 5.69 Å². The highest BCUT2D eigenvalue weighted by molar-refractivity contribution is 7.80. The molecule has 0 aromatic heterocycles. The van der Waals surface area contributed by atoms with Crippen LogP contribution in [0.1, 0.15) is 76.0 Å². The predicted octanol–water partition coefficient (Wildman–Crippen LogP) is 1.13. The van der Waals surface area contributed by atoms with E-state index in [1.807, 2.05) is 0 Å². The number of carboxylic acid groups (broad SMARTS) is 1. The molecule has 0 spiro atoms. The molecule has 2 aliphatic rings. The SMILES string of the molecule is CCC(C)[C@H](NC(=O)[C@H](CS)NC(C)=O)C(=O)N[C@@H](Cc1ccc(O)cc1)C(=O)N[C@H]1CCCCNC(=O)CCC(=O)Nc2ccc(cc2)C[C@@H](C(=O)N[C@@H](Cc2ccc(O)cc2)C(=O)O)NC1=O. The molecule has 69 heavy (non-hydrogen) atoms. The number of thiol groups is 1. The van der Waals surface area contributed by atoms with Crippen LogP contribution in [-0.4, -0.2) is 117 Å². The highest BCUT2D eigenvalue weighted by Gasteiger charge is 2.35. The van der Waals surface area contributed by atoms with Gasteiger partial charge in [-0.05, 0) is 78.3 Å². The van der Waals surface area contributed by atoms with Gasteiger partial charge in [0.15, 0.2) is 0 Å². The maximum Gasteiger partial charge on any atom is 0.326 e. The van der Waals surface area contributed by atoms with Crippen molar-refractivity contribution in [2.24, 2.45) is 5.92 Å². The normalized spacial score (nSPS) is 18.1. The number of benzene rings is 3. The Hall–Kier alpha value is -7.16. The molecule has 372 valence electrons. The lowest BCUT2D eigenvalue weighted by Crippen LogP contribution is -2.61. The van der Waals surface area contributed by atoms with E-state index in [4.69, 9.17) is 0 Å². The average Bonchev–Trinajstić information content (AvgIpc) is 3.31. The van der Waals surface area contributed by atoms with Crippen molar-refractivity contribution in [3.63, 3.8) is 0 Å². The van der Waals surface area contributed by atoms with Crippen LogP contribution in [0.2, 0.25) is 0 Å². The molecule has 0 saturated heterocycles. The number of carbonyl (C=O) groups is 9. The van der Waals surface area contributed by atoms with E-state index >= 15 is 0 Å². The van der Waals surface area contributed by atoms with Crippen molar-refractivity contribution in [3.8, 4) is 11.5 Å². The van der Waals surface area contributed by atoms with Gasteiger partial charge in [-0.2, -0.15) is 12.6 Å². The highest BCUT2D eigenvalue weighted by Crippen LogP contribution is 2.17. The Kier molecular flexibility index (Phi) is 21.3. The van der Waals surface area contributed by atoms with Crippen molar-refractivity contribution >= 4 is 71.5 Å². The Morgan fingerprint density at radius 2 is 1.32 bits per heavy atom. The minimum absolute atomic E-state index is 0.0437. The average molecular weight is 975 g/mol. The van der Waals surface area contributed by atoms with E-state index in [0.29, 0.717) is 35.2 Å². The van der Waals surface area contributed by atoms with Gasteiger partial charge in [-0.3, -0.25) is 38.4 Å². The summed E-state index contributed by atoms with van der Waals surface area (Å²) in [6.07, 6.45) is 0.239. The van der Waals surface area contributed by atoms with Gasteiger partial charge in [0.1, 0.15) is 47.8 Å². The topological polar surface area (TPSA) is 311 Å². The van der Waals surface area contributed by atoms with E-state index in [1.54, 1.807) is 38.1 Å². The van der Waals surface area contributed by atoms with Gasteiger partial charge in [-0.1, -0.05) is 56.7 Å². The summed E-state index contributed by atoms with van der Waals surface area (Å²) in [5, 5.41) is 51.1. The quantitative estimate of drug-likeness (QED) is 0.0848. The minimum atomic E-state index is -1.47. The minimum Gasteiger partial charge on any atom is -0.508 e. The number of amides is 8. The third-order valence-corrected chi connectivity index (χ3v) is 11.8. The smallest absolute Gasteiger partial charge is 0.326 e. The third-order valence-electron chi connectivity index (χ3n) is 11.4. The number of phenols is 2. The highest BCUT2D eigenvalue weighted by atomic mass is 32.1. The Morgan fingerprint density at radius 1 is 0.725 bits per heavy atom. The number of hydrogen-bond acceptors (Lipinski definition) is 12. The lowest BCUT2D eigenvalue weighted by atomic mass is 9.96. The standard InChI is InChI=1S/C48H62N8O12S/c1-4-27(2)42(56-46(65)39(26-69)50-28(3)57)47(66)54-37(24-30-10-16-33(58)17-11-30)44(63)52-35-7-5-6-22-49-40(60)20-21-41(61)51-32-14-8-29(9-15-32)23-36(53-43(35)62)45(64)55-38(48(67)68)25-31-12-18-34(59)19-13-31/h8-19,27,35-39,42,58-59,69H,4-7,20-26H2,1-3H3,(H,49,60)(H,50,57)(H,51,61)(H,52,63)(H,53,62)(H,54,66)(H,55,64)(H,56,65)(H,67,68)/t27?,35-,36-,37-,38-,39-,42-/m0/s1. The second kappa shape index (κ2) is 27.0. The number of hydrogen-bond donors (Lipinski definition) is 12. The summed E-state index contributed by atoms with van der Waals surface area (Å²) >= 11 is 4.17. The Bertz CT molecular complexity index is 2280. The van der Waals surface area contributed by atoms with Crippen molar-refractivity contribution in [2.75, 3.05) is 17.6 Å². The molecule has 1 unspecified atom stereocenters. The Labute approximate surface area is 405 Å². The van der Waals surface area contributed by atoms with Crippen molar-refractivity contribution < 1.29 is 58.5 Å². The van der Waals surface area contributed by atoms with Crippen LogP contribution in [0.15, 0.2) is 72.8 Å². The summed E-state index contributed by atoms with van der Waals surface area (Å²) in [7, 11) is 0. The zero-order chi connectivity index (χ0) is 50.6. The number of aromatic hydroxyl groups is 2. The van der Waals surface area contributed by atoms with Crippen molar-refractivity contribution in [1.82, 2.24) is 37.2 Å². The number of fused-ring (bicyclic) bond motifs is 16. The largest absolute Gasteiger partial charge is 0.508 e. The molecule has 0 radical (unpaired) electrons. The van der Waals surface area contributed by atoms with E-state index < -0.39 is 89.5 Å². The van der Waals surface area contributed by atoms with Crippen LogP contribution in [0.5, 0.6) is 11.5 Å². The number of phenolic OH excluding ortho intramolecular Hbond substituents is 2. The zero-order valence-corrected chi connectivity index (χ0v) is 39.6. The second-order valence-corrected chi connectivity index (χ2v) is 17.3. The van der Waals surface area contributed by atoms with E-state index in [2.05, 4.69) is 55.2 Å². The first-order valence-corrected chi connectivity index (χ1v) is 23.3. The van der Waals surface area contributed by atoms with Crippen LogP contribution in [0.25, 0.3) is 0 Å². The lowest BCUT2D eigenvalue weighted by molar-refractivity contribution is -0.142. The third kappa shape index (κ3) is 18.1. The fourth-order valence-corrected chi connectivity index (χ4v) is 7.55. The number of anilines is 1. The van der Waals surface area contributed by atoms with Crippen LogP contribution >= 0.6 is 12.6 Å². The van der Waals surface area contributed by atoms with Crippen LogP contribution in [-0.2, 0) is 62.4 Å². The Morgan fingerprint density at radius 3 is 1.88 bits per heavy atom. The van der Waals surface area contributed by atoms with Crippen LogP contribution < -0.4 is 42.5 Å². The molecule has 2 heterocycles. The molecule has 3 aromatic rings. The molecule has 20 nitrogen and oxygen atoms in total. The molecule has 5 rings (SSSR count). The first kappa shape index (κ1) is 54.4. The fraction of sp³-hybridized carbons (Fsp3) is 0.438. The molecular weight excluding hydrogens is 913 g/mol. The molecule has 8 amide bonds. The number of aliphatic carboxylic acids is 1. The van der Waals surface area contributed by atoms with Gasteiger partial charge in [-0.25, -0.2) is 4.79 Å². The number of carbonyl (C=O) groups excluding carboxylic acids is 8. The molecule has 2 aliphatic heterocycles. The predicted molar refractivity (Wildman–Crippen MR) is 257 cm³/mol. The molecule has 2 bridgehead atoms. The second-order valence-electron chi connectivity index (χ2n) is 16.9. The van der Waals surface area contributed by atoms with Gasteiger partial charge < -0.3 is 57.9 Å². The molecule has 7 atom stereocenters. The van der Waals surface area contributed by atoms with Gasteiger partial charge in [0.25, 0.3) is 0 Å². The summed E-state index contributed by atoms with van der Waals surface area (Å²) in [6, 6.07) is 9.98. The maximum absolute atomic E-state index is 14.5. The lowest BCUT2D eigenvalue weighted by Gasteiger charge is -2.29. The van der Waals surface area contributed by atoms with Crippen LogP contribution in [0.3, 0.4) is 0 Å². The van der Waals surface area contributed by atoms with Gasteiger partial charge in [0.2, 0.25) is 47.3 Å². The summed E-state index contributed by atoms with van der Waals surface area (Å²) < 4.78 is 0. The molecule has 21 heteroatoms. The van der Waals surface area contributed by atoms with Gasteiger partial charge in [0, 0.05) is 57.0 Å². The number of rotatable bonds is 17. The fourth-order valence-electron chi connectivity index (χ4n) is 7.30. The molecule has 0 fully saturated rings. The number of carboxylic acids is 1. The Balaban J connectivity index is 1.69. The summed E-state index contributed by atoms with van der Waals surface area (Å²) in [4.78, 5) is 120. The molecular formula is C48H62N8O12S. The molecule has 11 N–H and O–H groups in total. The van der Waals surface area contributed by atoms with Crippen LogP contribution in [0, 0.1) is 5.92 Å². The molecule has 0 aliphatic carbocycles. The van der Waals surface area contributed by atoms with E-state index in [9.17, 15) is 58.5 Å². The summed E-state index contributed by atoms with van der Waals surface area (Å²) in [6.45, 7) is 4.90. The van der Waals surface area contributed by atoms with Gasteiger partial charge in [-0.15, -0.1) is 0 Å².